The van der Waals surface area contributed by atoms with Crippen molar-refractivity contribution in [1.82, 2.24) is 9.27 Å². The van der Waals surface area contributed by atoms with E-state index in [-0.39, 0.29) is 12.0 Å². The van der Waals surface area contributed by atoms with Gasteiger partial charge in [0.25, 0.3) is 0 Å². The second-order valence-electron chi connectivity index (χ2n) is 5.60. The number of rotatable bonds is 1. The third-order valence-corrected chi connectivity index (χ3v) is 4.65. The molecule has 1 aromatic rings. The molecule has 1 N–H and O–H groups in total. The van der Waals surface area contributed by atoms with E-state index >= 15 is 0 Å². The number of carbonyl (C=O) groups is 1. The van der Waals surface area contributed by atoms with Crippen LogP contribution in [0.4, 0.5) is 4.79 Å². The van der Waals surface area contributed by atoms with Gasteiger partial charge in [0.1, 0.15) is 5.60 Å². The number of β-amino-alcohol motifs (C(OH)–C–C–N with tert-alkyl or cyclic N) is 1. The van der Waals surface area contributed by atoms with Crippen LogP contribution in [-0.2, 0) is 4.74 Å². The van der Waals surface area contributed by atoms with E-state index in [1.807, 2.05) is 20.8 Å². The number of halogens is 1. The molecule has 1 amide bonds. The van der Waals surface area contributed by atoms with Crippen LogP contribution < -0.4 is 0 Å². The van der Waals surface area contributed by atoms with E-state index in [9.17, 15) is 9.90 Å². The molecule has 2 rings (SSSR count). The van der Waals surface area contributed by atoms with Gasteiger partial charge in [-0.25, -0.2) is 4.79 Å². The average Bonchev–Trinajstić information content (AvgIpc) is 2.82. The summed E-state index contributed by atoms with van der Waals surface area (Å²) in [7, 11) is 0. The summed E-state index contributed by atoms with van der Waals surface area (Å²) >= 11 is 4.75. The predicted molar refractivity (Wildman–Crippen MR) is 76.4 cm³/mol. The lowest BCUT2D eigenvalue weighted by Gasteiger charge is -2.24. The largest absolute Gasteiger partial charge is 0.444 e. The van der Waals surface area contributed by atoms with Gasteiger partial charge in [-0.3, -0.25) is 0 Å². The number of hydrogen-bond acceptors (Lipinski definition) is 5. The van der Waals surface area contributed by atoms with Gasteiger partial charge in [-0.15, -0.1) is 0 Å². The first-order valence-corrected chi connectivity index (χ1v) is 7.60. The van der Waals surface area contributed by atoms with Crippen molar-refractivity contribution in [2.45, 2.75) is 38.4 Å². The highest BCUT2D eigenvalue weighted by Gasteiger charge is 2.38. The van der Waals surface area contributed by atoms with Gasteiger partial charge in [0, 0.05) is 17.3 Å². The minimum Gasteiger partial charge on any atom is -0.444 e. The molecule has 1 aliphatic heterocycles. The molecule has 7 heteroatoms. The molecule has 5 nitrogen and oxygen atoms in total. The monoisotopic (exact) mass is 348 g/mol. The number of aromatic nitrogens is 1. The molecule has 0 bridgehead atoms. The molecule has 1 saturated heterocycles. The summed E-state index contributed by atoms with van der Waals surface area (Å²) < 4.78 is 10.3. The minimum absolute atomic E-state index is 0.102. The molecule has 19 heavy (non-hydrogen) atoms. The SMILES string of the molecule is CC(C)(C)OC(=O)N1C[C@H](c2sncc2Br)[C@@H](O)C1. The second kappa shape index (κ2) is 5.38. The van der Waals surface area contributed by atoms with E-state index in [2.05, 4.69) is 20.3 Å². The Morgan fingerprint density at radius 3 is 2.79 bits per heavy atom. The van der Waals surface area contributed by atoms with E-state index in [0.717, 1.165) is 9.35 Å². The normalized spacial score (nSPS) is 23.7. The first kappa shape index (κ1) is 14.7. The summed E-state index contributed by atoms with van der Waals surface area (Å²) in [5.74, 6) is -0.102. The molecule has 1 fully saturated rings. The summed E-state index contributed by atoms with van der Waals surface area (Å²) in [6, 6.07) is 0. The zero-order valence-corrected chi connectivity index (χ0v) is 13.5. The zero-order chi connectivity index (χ0) is 14.2. The summed E-state index contributed by atoms with van der Waals surface area (Å²) in [6.45, 7) is 6.23. The Labute approximate surface area is 124 Å². The van der Waals surface area contributed by atoms with Crippen LogP contribution in [0.15, 0.2) is 10.7 Å². The van der Waals surface area contributed by atoms with E-state index in [0.29, 0.717) is 13.1 Å². The molecule has 0 saturated carbocycles. The third-order valence-electron chi connectivity index (χ3n) is 2.83. The lowest BCUT2D eigenvalue weighted by molar-refractivity contribution is 0.0270. The van der Waals surface area contributed by atoms with Crippen LogP contribution in [-0.4, -0.2) is 45.3 Å². The number of carbonyl (C=O) groups excluding carboxylic acids is 1. The molecule has 0 aliphatic carbocycles. The summed E-state index contributed by atoms with van der Waals surface area (Å²) in [5, 5.41) is 10.1. The molecular formula is C12H17BrN2O3S. The first-order valence-electron chi connectivity index (χ1n) is 6.04. The van der Waals surface area contributed by atoms with Gasteiger partial charge in [-0.2, -0.15) is 4.37 Å². The van der Waals surface area contributed by atoms with Crippen LogP contribution in [0.2, 0.25) is 0 Å². The Morgan fingerprint density at radius 2 is 2.26 bits per heavy atom. The number of nitrogens with zero attached hydrogens (tertiary/aromatic N) is 2. The standard InChI is InChI=1S/C12H17BrN2O3S/c1-12(2,3)18-11(17)15-5-7(9(16)6-15)10-8(13)4-14-19-10/h4,7,9,16H,5-6H2,1-3H3/t7-,9-/m0/s1. The van der Waals surface area contributed by atoms with Gasteiger partial charge < -0.3 is 14.7 Å². The lowest BCUT2D eigenvalue weighted by atomic mass is 10.1. The molecular weight excluding hydrogens is 332 g/mol. The minimum atomic E-state index is -0.579. The quantitative estimate of drug-likeness (QED) is 0.847. The van der Waals surface area contributed by atoms with E-state index in [4.69, 9.17) is 4.74 Å². The Balaban J connectivity index is 2.06. The van der Waals surface area contributed by atoms with E-state index in [1.54, 1.807) is 11.1 Å². The molecule has 2 atom stereocenters. The highest BCUT2D eigenvalue weighted by Crippen LogP contribution is 2.35. The fourth-order valence-corrected chi connectivity index (χ4v) is 3.53. The van der Waals surface area contributed by atoms with E-state index in [1.165, 1.54) is 11.5 Å². The Hall–Kier alpha value is -0.660. The van der Waals surface area contributed by atoms with Crippen LogP contribution in [0.1, 0.15) is 31.6 Å². The van der Waals surface area contributed by atoms with Crippen LogP contribution in [0.5, 0.6) is 0 Å². The molecule has 106 valence electrons. The van der Waals surface area contributed by atoms with Gasteiger partial charge in [-0.05, 0) is 48.2 Å². The summed E-state index contributed by atoms with van der Waals surface area (Å²) in [6.07, 6.45) is 0.752. The predicted octanol–water partition coefficient (Wildman–Crippen LogP) is 2.60. The lowest BCUT2D eigenvalue weighted by Crippen LogP contribution is -2.35. The Kier molecular flexibility index (Phi) is 4.17. The van der Waals surface area contributed by atoms with Gasteiger partial charge in [0.05, 0.1) is 23.3 Å². The van der Waals surface area contributed by atoms with Crippen molar-refractivity contribution in [3.8, 4) is 0 Å². The van der Waals surface area contributed by atoms with Crippen LogP contribution in [0, 0.1) is 0 Å². The summed E-state index contributed by atoms with van der Waals surface area (Å²) in [4.78, 5) is 14.5. The maximum Gasteiger partial charge on any atom is 0.410 e. The number of hydrogen-bond donors (Lipinski definition) is 1. The molecule has 0 aromatic carbocycles. The molecule has 0 radical (unpaired) electrons. The van der Waals surface area contributed by atoms with Crippen LogP contribution in [0.25, 0.3) is 0 Å². The molecule has 1 aromatic heterocycles. The van der Waals surface area contributed by atoms with Crippen molar-refractivity contribution in [2.75, 3.05) is 13.1 Å². The number of likely N-dealkylation sites (tertiary alicyclic amines) is 1. The van der Waals surface area contributed by atoms with Gasteiger partial charge in [-0.1, -0.05) is 0 Å². The molecule has 0 spiro atoms. The van der Waals surface area contributed by atoms with Crippen molar-refractivity contribution < 1.29 is 14.6 Å². The van der Waals surface area contributed by atoms with Gasteiger partial charge >= 0.3 is 6.09 Å². The fourth-order valence-electron chi connectivity index (χ4n) is 2.00. The van der Waals surface area contributed by atoms with Crippen molar-refractivity contribution in [3.63, 3.8) is 0 Å². The molecule has 1 aliphatic rings. The van der Waals surface area contributed by atoms with Crippen molar-refractivity contribution in [2.24, 2.45) is 0 Å². The molecule has 2 heterocycles. The maximum absolute atomic E-state index is 12.0. The third kappa shape index (κ3) is 3.46. The Morgan fingerprint density at radius 1 is 1.58 bits per heavy atom. The highest BCUT2D eigenvalue weighted by atomic mass is 79.9. The topological polar surface area (TPSA) is 62.7 Å². The second-order valence-corrected chi connectivity index (χ2v) is 7.28. The number of ether oxygens (including phenoxy) is 1. The maximum atomic E-state index is 12.0. The van der Waals surface area contributed by atoms with Crippen LogP contribution in [0.3, 0.4) is 0 Å². The van der Waals surface area contributed by atoms with Gasteiger partial charge in [0.15, 0.2) is 0 Å². The number of aliphatic hydroxyl groups excluding tert-OH is 1. The van der Waals surface area contributed by atoms with Crippen LogP contribution >= 0.6 is 27.5 Å². The molecule has 0 unspecified atom stereocenters. The Bertz CT molecular complexity index is 472. The number of amides is 1. The first-order chi connectivity index (χ1) is 8.78. The van der Waals surface area contributed by atoms with Crippen molar-refractivity contribution in [1.29, 1.82) is 0 Å². The highest BCUT2D eigenvalue weighted by molar-refractivity contribution is 9.10. The number of aliphatic hydroxyl groups is 1. The average molecular weight is 349 g/mol. The van der Waals surface area contributed by atoms with Crippen molar-refractivity contribution >= 4 is 33.6 Å². The summed E-state index contributed by atoms with van der Waals surface area (Å²) in [5.41, 5.74) is -0.523. The fraction of sp³-hybridized carbons (Fsp3) is 0.667. The van der Waals surface area contributed by atoms with Crippen molar-refractivity contribution in [3.05, 3.63) is 15.5 Å². The van der Waals surface area contributed by atoms with Gasteiger partial charge in [0.2, 0.25) is 0 Å². The smallest absolute Gasteiger partial charge is 0.410 e. The van der Waals surface area contributed by atoms with E-state index < -0.39 is 11.7 Å². The zero-order valence-electron chi connectivity index (χ0n) is 11.1.